The van der Waals surface area contributed by atoms with Crippen LogP contribution in [0.1, 0.15) is 130 Å². The maximum absolute atomic E-state index is 6.15. The minimum Gasteiger partial charge on any atom is -0.297 e. The van der Waals surface area contributed by atoms with Crippen molar-refractivity contribution in [2.75, 3.05) is 0 Å². The van der Waals surface area contributed by atoms with Gasteiger partial charge in [-0.15, -0.1) is 11.3 Å². The Labute approximate surface area is 277 Å². The number of hydrogen-bond acceptors (Lipinski definition) is 2. The lowest BCUT2D eigenvalue weighted by Crippen LogP contribution is -2.17. The van der Waals surface area contributed by atoms with Gasteiger partial charge in [0.1, 0.15) is 0 Å². The van der Waals surface area contributed by atoms with Crippen LogP contribution in [0.25, 0.3) is 27.9 Å². The monoisotopic (exact) mass is 625 g/mol. The number of aryl methyl sites for hydroxylation is 1. The van der Waals surface area contributed by atoms with Crippen LogP contribution in [0.2, 0.25) is 0 Å². The molecule has 0 amide bonds. The van der Waals surface area contributed by atoms with E-state index in [0.29, 0.717) is 0 Å². The molecule has 0 aliphatic rings. The summed E-state index contributed by atoms with van der Waals surface area (Å²) in [6, 6.07) is 21.3. The van der Waals surface area contributed by atoms with Crippen LogP contribution in [-0.4, -0.2) is 4.57 Å². The van der Waals surface area contributed by atoms with Crippen LogP contribution >= 0.6 is 23.6 Å². The third kappa shape index (κ3) is 7.65. The van der Waals surface area contributed by atoms with Gasteiger partial charge in [0.15, 0.2) is 3.95 Å². The number of nitrogens with zero attached hydrogens (tertiary/aromatic N) is 1. The Bertz CT molecular complexity index is 1530. The largest absolute Gasteiger partial charge is 0.297 e. The van der Waals surface area contributed by atoms with Crippen LogP contribution in [0.5, 0.6) is 0 Å². The average Bonchev–Trinajstić information content (AvgIpc) is 3.28. The van der Waals surface area contributed by atoms with Crippen molar-refractivity contribution in [3.8, 4) is 27.9 Å². The van der Waals surface area contributed by atoms with Gasteiger partial charge >= 0.3 is 0 Å². The number of aromatic nitrogens is 1. The quantitative estimate of drug-likeness (QED) is 0.193. The average molecular weight is 626 g/mol. The summed E-state index contributed by atoms with van der Waals surface area (Å²) in [6.45, 7) is 30.1. The molecule has 1 aromatic heterocycles. The van der Waals surface area contributed by atoms with E-state index in [1.807, 2.05) is 0 Å². The molecule has 44 heavy (non-hydrogen) atoms. The number of benzene rings is 3. The zero-order chi connectivity index (χ0) is 32.8. The predicted molar refractivity (Wildman–Crippen MR) is 199 cm³/mol. The summed E-state index contributed by atoms with van der Waals surface area (Å²) < 4.78 is 3.23. The molecule has 0 bridgehead atoms. The van der Waals surface area contributed by atoms with Gasteiger partial charge in [-0.05, 0) is 80.1 Å². The summed E-state index contributed by atoms with van der Waals surface area (Å²) in [4.78, 5) is 1.36. The van der Waals surface area contributed by atoms with Crippen molar-refractivity contribution >= 4 is 23.6 Å². The van der Waals surface area contributed by atoms with Crippen LogP contribution in [0.3, 0.4) is 0 Å². The van der Waals surface area contributed by atoms with E-state index in [1.165, 1.54) is 67.9 Å². The summed E-state index contributed by atoms with van der Waals surface area (Å²) in [5.74, 6) is 0. The van der Waals surface area contributed by atoms with Gasteiger partial charge in [-0.25, -0.2) is 0 Å². The van der Waals surface area contributed by atoms with Crippen molar-refractivity contribution in [2.24, 2.45) is 0 Å². The van der Waals surface area contributed by atoms with E-state index in [0.717, 1.165) is 10.4 Å². The van der Waals surface area contributed by atoms with E-state index in [4.69, 9.17) is 12.2 Å². The number of thiazole rings is 1. The summed E-state index contributed by atoms with van der Waals surface area (Å²) in [5, 5.41) is 0. The summed E-state index contributed by atoms with van der Waals surface area (Å²) in [5.41, 5.74) is 11.7. The maximum Gasteiger partial charge on any atom is 0.165 e. The predicted octanol–water partition coefficient (Wildman–Crippen LogP) is 13.1. The molecule has 0 radical (unpaired) electrons. The molecule has 0 aliphatic carbocycles. The second kappa shape index (κ2) is 12.4. The van der Waals surface area contributed by atoms with E-state index in [2.05, 4.69) is 155 Å². The smallest absolute Gasteiger partial charge is 0.165 e. The highest BCUT2D eigenvalue weighted by atomic mass is 32.1. The zero-order valence-electron chi connectivity index (χ0n) is 29.7. The van der Waals surface area contributed by atoms with Crippen molar-refractivity contribution in [2.45, 2.75) is 131 Å². The lowest BCUT2D eigenvalue weighted by atomic mass is 9.77. The molecule has 4 aromatic rings. The third-order valence-electron chi connectivity index (χ3n) is 8.69. The van der Waals surface area contributed by atoms with Gasteiger partial charge in [0.2, 0.25) is 0 Å². The topological polar surface area (TPSA) is 4.93 Å². The Kier molecular flexibility index (Phi) is 9.66. The maximum atomic E-state index is 6.15. The van der Waals surface area contributed by atoms with Gasteiger partial charge in [0.25, 0.3) is 0 Å². The molecule has 3 heteroatoms. The molecule has 0 saturated heterocycles. The highest BCUT2D eigenvalue weighted by molar-refractivity contribution is 7.73. The number of rotatable bonds is 6. The standard InChI is InChI=1S/C41H55NS2/c1-14-15-17-33-26-42(37(43)44-33)36-34(27-20-29(38(2,3)4)24-30(21-27)39(5,6)7)18-16-19-35(36)28-22-31(40(8,9)10)25-32(23-28)41(11,12)13/h16,18-26H,14-15,17H2,1-13H3. The molecule has 0 unspecified atom stereocenters. The van der Waals surface area contributed by atoms with Crippen LogP contribution < -0.4 is 0 Å². The van der Waals surface area contributed by atoms with Crippen LogP contribution in [0.4, 0.5) is 0 Å². The van der Waals surface area contributed by atoms with Crippen molar-refractivity contribution in [1.82, 2.24) is 4.57 Å². The number of unbranched alkanes of at least 4 members (excludes halogenated alkanes) is 1. The lowest BCUT2D eigenvalue weighted by molar-refractivity contribution is 0.568. The Hall–Kier alpha value is -2.49. The molecular formula is C41H55NS2. The van der Waals surface area contributed by atoms with Gasteiger partial charge < -0.3 is 0 Å². The first kappa shape index (κ1) is 34.4. The summed E-state index contributed by atoms with van der Waals surface area (Å²) in [6.07, 6.45) is 5.74. The molecule has 0 spiro atoms. The summed E-state index contributed by atoms with van der Waals surface area (Å²) in [7, 11) is 0. The molecule has 0 saturated carbocycles. The fourth-order valence-corrected chi connectivity index (χ4v) is 6.91. The van der Waals surface area contributed by atoms with Gasteiger partial charge in [-0.1, -0.05) is 151 Å². The van der Waals surface area contributed by atoms with E-state index in [1.54, 1.807) is 11.3 Å². The molecular weight excluding hydrogens is 571 g/mol. The third-order valence-corrected chi connectivity index (χ3v) is 10.1. The van der Waals surface area contributed by atoms with Gasteiger partial charge in [0, 0.05) is 22.2 Å². The molecule has 1 heterocycles. The first-order valence-corrected chi connectivity index (χ1v) is 17.6. The number of para-hydroxylation sites is 1. The lowest BCUT2D eigenvalue weighted by Gasteiger charge is -2.28. The van der Waals surface area contributed by atoms with Gasteiger partial charge in [-0.2, -0.15) is 0 Å². The van der Waals surface area contributed by atoms with E-state index >= 15 is 0 Å². The minimum absolute atomic E-state index is 0.0302. The van der Waals surface area contributed by atoms with E-state index < -0.39 is 0 Å². The van der Waals surface area contributed by atoms with Crippen LogP contribution in [-0.2, 0) is 28.1 Å². The normalized spacial score (nSPS) is 13.0. The molecule has 3 aromatic carbocycles. The fourth-order valence-electron chi connectivity index (χ4n) is 5.57. The minimum atomic E-state index is 0.0302. The van der Waals surface area contributed by atoms with Crippen molar-refractivity contribution in [1.29, 1.82) is 0 Å². The molecule has 0 atom stereocenters. The second-order valence-electron chi connectivity index (χ2n) is 16.7. The fraction of sp³-hybridized carbons (Fsp3) is 0.488. The Morgan fingerprint density at radius 3 is 1.34 bits per heavy atom. The molecule has 0 aliphatic heterocycles. The SMILES string of the molecule is CCCCc1cn(-c2c(-c3cc(C(C)(C)C)cc(C(C)(C)C)c3)cccc2-c2cc(C(C)(C)C)cc(C(C)(C)C)c2)c(=S)s1. The number of hydrogen-bond donors (Lipinski definition) is 0. The Morgan fingerprint density at radius 2 is 1.00 bits per heavy atom. The molecule has 4 rings (SSSR count). The highest BCUT2D eigenvalue weighted by Crippen LogP contribution is 2.42. The summed E-state index contributed by atoms with van der Waals surface area (Å²) >= 11 is 7.91. The van der Waals surface area contributed by atoms with Gasteiger partial charge in [-0.3, -0.25) is 4.57 Å². The molecule has 236 valence electrons. The molecule has 0 N–H and O–H groups in total. The highest BCUT2D eigenvalue weighted by Gasteiger charge is 2.25. The first-order chi connectivity index (χ1) is 20.2. The second-order valence-corrected chi connectivity index (χ2v) is 18.5. The van der Waals surface area contributed by atoms with Crippen LogP contribution in [0.15, 0.2) is 60.8 Å². The van der Waals surface area contributed by atoms with Crippen molar-refractivity contribution < 1.29 is 0 Å². The van der Waals surface area contributed by atoms with Crippen LogP contribution in [0, 0.1) is 3.95 Å². The zero-order valence-corrected chi connectivity index (χ0v) is 31.3. The molecule has 1 nitrogen and oxygen atoms in total. The first-order valence-electron chi connectivity index (χ1n) is 16.4. The molecule has 0 fully saturated rings. The van der Waals surface area contributed by atoms with Crippen molar-refractivity contribution in [3.05, 3.63) is 91.9 Å². The Morgan fingerprint density at radius 1 is 0.614 bits per heavy atom. The Balaban J connectivity index is 2.14. The van der Waals surface area contributed by atoms with Gasteiger partial charge in [0.05, 0.1) is 5.69 Å². The van der Waals surface area contributed by atoms with E-state index in [9.17, 15) is 0 Å². The van der Waals surface area contributed by atoms with E-state index in [-0.39, 0.29) is 21.7 Å². The van der Waals surface area contributed by atoms with Crippen molar-refractivity contribution in [3.63, 3.8) is 0 Å².